The molecule has 0 radical (unpaired) electrons. The molecule has 1 aromatic carbocycles. The summed E-state index contributed by atoms with van der Waals surface area (Å²) in [4.78, 5) is 2.32. The minimum Gasteiger partial charge on any atom is -0.380 e. The van der Waals surface area contributed by atoms with E-state index in [4.69, 9.17) is 16.3 Å². The molecule has 0 aliphatic heterocycles. The van der Waals surface area contributed by atoms with E-state index in [-0.39, 0.29) is 0 Å². The van der Waals surface area contributed by atoms with Crippen molar-refractivity contribution < 1.29 is 4.74 Å². The molecule has 0 aliphatic rings. The van der Waals surface area contributed by atoms with Gasteiger partial charge in [0.15, 0.2) is 0 Å². The first-order valence-corrected chi connectivity index (χ1v) is 6.86. The Balaban J connectivity index is 2.82. The van der Waals surface area contributed by atoms with Crippen LogP contribution in [0.2, 0.25) is 5.02 Å². The first-order chi connectivity index (χ1) is 8.72. The van der Waals surface area contributed by atoms with Crippen LogP contribution < -0.4 is 10.2 Å². The average molecular weight is 271 g/mol. The van der Waals surface area contributed by atoms with E-state index in [0.717, 1.165) is 37.9 Å². The summed E-state index contributed by atoms with van der Waals surface area (Å²) in [6, 6.07) is 6.06. The fourth-order valence-electron chi connectivity index (χ4n) is 1.96. The van der Waals surface area contributed by atoms with Crippen LogP contribution in [0.1, 0.15) is 19.4 Å². The van der Waals surface area contributed by atoms with Gasteiger partial charge in [-0.25, -0.2) is 0 Å². The third-order valence-corrected chi connectivity index (χ3v) is 3.08. The lowest BCUT2D eigenvalue weighted by Crippen LogP contribution is -2.28. The van der Waals surface area contributed by atoms with Crippen LogP contribution in [0, 0.1) is 0 Å². The van der Waals surface area contributed by atoms with Gasteiger partial charge >= 0.3 is 0 Å². The molecule has 0 aliphatic carbocycles. The number of halogens is 1. The second-order valence-corrected chi connectivity index (χ2v) is 4.52. The Kier molecular flexibility index (Phi) is 7.09. The van der Waals surface area contributed by atoms with Gasteiger partial charge < -0.3 is 15.0 Å². The summed E-state index contributed by atoms with van der Waals surface area (Å²) in [7, 11) is 1.95. The highest BCUT2D eigenvalue weighted by atomic mass is 35.5. The molecular formula is C14H23ClN2O. The van der Waals surface area contributed by atoms with Crippen LogP contribution in [0.4, 0.5) is 5.69 Å². The lowest BCUT2D eigenvalue weighted by atomic mass is 10.1. The fourth-order valence-corrected chi connectivity index (χ4v) is 2.16. The first-order valence-electron chi connectivity index (χ1n) is 6.48. The Labute approximate surface area is 115 Å². The Hall–Kier alpha value is -0.770. The minimum absolute atomic E-state index is 0.756. The first kappa shape index (κ1) is 15.3. The quantitative estimate of drug-likeness (QED) is 0.735. The molecule has 0 saturated heterocycles. The largest absolute Gasteiger partial charge is 0.380 e. The molecule has 0 heterocycles. The molecule has 0 fully saturated rings. The number of benzene rings is 1. The molecule has 0 saturated carbocycles. The lowest BCUT2D eigenvalue weighted by molar-refractivity contribution is 0.154. The molecule has 18 heavy (non-hydrogen) atoms. The maximum absolute atomic E-state index is 6.06. The van der Waals surface area contributed by atoms with Crippen LogP contribution in [-0.4, -0.2) is 33.4 Å². The molecule has 102 valence electrons. The predicted molar refractivity (Wildman–Crippen MR) is 78.6 cm³/mol. The van der Waals surface area contributed by atoms with Crippen molar-refractivity contribution >= 4 is 17.3 Å². The molecule has 0 bridgehead atoms. The van der Waals surface area contributed by atoms with E-state index in [9.17, 15) is 0 Å². The molecule has 1 aromatic rings. The average Bonchev–Trinajstić information content (AvgIpc) is 2.36. The highest BCUT2D eigenvalue weighted by molar-refractivity contribution is 6.30. The summed E-state index contributed by atoms with van der Waals surface area (Å²) in [5.41, 5.74) is 2.46. The van der Waals surface area contributed by atoms with E-state index in [1.807, 2.05) is 26.1 Å². The van der Waals surface area contributed by atoms with Gasteiger partial charge in [-0.1, -0.05) is 11.6 Å². The second kappa shape index (κ2) is 8.35. The van der Waals surface area contributed by atoms with Crippen molar-refractivity contribution in [2.75, 3.05) is 38.3 Å². The van der Waals surface area contributed by atoms with E-state index in [0.29, 0.717) is 0 Å². The number of rotatable bonds is 8. The van der Waals surface area contributed by atoms with Gasteiger partial charge in [-0.05, 0) is 44.7 Å². The lowest BCUT2D eigenvalue weighted by Gasteiger charge is -2.26. The molecule has 0 spiro atoms. The number of likely N-dealkylation sites (N-methyl/N-ethyl adjacent to an activating group) is 1. The second-order valence-electron chi connectivity index (χ2n) is 4.08. The number of ether oxygens (including phenoxy) is 1. The SMILES string of the molecule is CCOCCN(CC)c1ccc(Cl)cc1CNC. The van der Waals surface area contributed by atoms with Crippen molar-refractivity contribution in [1.82, 2.24) is 5.32 Å². The van der Waals surface area contributed by atoms with E-state index in [1.54, 1.807) is 0 Å². The molecule has 3 nitrogen and oxygen atoms in total. The number of anilines is 1. The van der Waals surface area contributed by atoms with Gasteiger partial charge in [0.05, 0.1) is 6.61 Å². The van der Waals surface area contributed by atoms with Crippen LogP contribution in [-0.2, 0) is 11.3 Å². The normalized spacial score (nSPS) is 10.7. The zero-order chi connectivity index (χ0) is 13.4. The number of nitrogens with one attached hydrogen (secondary N) is 1. The van der Waals surface area contributed by atoms with Gasteiger partial charge in [0.1, 0.15) is 0 Å². The molecule has 4 heteroatoms. The summed E-state index contributed by atoms with van der Waals surface area (Å²) in [6.07, 6.45) is 0. The third-order valence-electron chi connectivity index (χ3n) is 2.84. The molecular weight excluding hydrogens is 248 g/mol. The molecule has 0 amide bonds. The van der Waals surface area contributed by atoms with Crippen molar-refractivity contribution in [3.63, 3.8) is 0 Å². The van der Waals surface area contributed by atoms with Gasteiger partial charge in [0, 0.05) is 37.0 Å². The Bertz CT molecular complexity index is 358. The zero-order valence-electron chi connectivity index (χ0n) is 11.5. The summed E-state index contributed by atoms with van der Waals surface area (Å²) >= 11 is 6.06. The van der Waals surface area contributed by atoms with Gasteiger partial charge in [0.2, 0.25) is 0 Å². The number of hydrogen-bond donors (Lipinski definition) is 1. The molecule has 0 aromatic heterocycles. The predicted octanol–water partition coefficient (Wildman–Crippen LogP) is 2.92. The minimum atomic E-state index is 0.756. The Morgan fingerprint density at radius 1 is 1.33 bits per heavy atom. The highest BCUT2D eigenvalue weighted by Crippen LogP contribution is 2.24. The van der Waals surface area contributed by atoms with Gasteiger partial charge in [-0.2, -0.15) is 0 Å². The molecule has 1 N–H and O–H groups in total. The summed E-state index contributed by atoms with van der Waals surface area (Å²) < 4.78 is 5.43. The van der Waals surface area contributed by atoms with Crippen LogP contribution in [0.3, 0.4) is 0 Å². The summed E-state index contributed by atoms with van der Waals surface area (Å²) in [5, 5.41) is 3.96. The topological polar surface area (TPSA) is 24.5 Å². The van der Waals surface area contributed by atoms with E-state index < -0.39 is 0 Å². The highest BCUT2D eigenvalue weighted by Gasteiger charge is 2.09. The number of hydrogen-bond acceptors (Lipinski definition) is 3. The van der Waals surface area contributed by atoms with Crippen molar-refractivity contribution in [2.45, 2.75) is 20.4 Å². The molecule has 1 rings (SSSR count). The maximum Gasteiger partial charge on any atom is 0.0641 e. The summed E-state index contributed by atoms with van der Waals surface area (Å²) in [6.45, 7) is 8.39. The van der Waals surface area contributed by atoms with Crippen molar-refractivity contribution in [1.29, 1.82) is 0 Å². The van der Waals surface area contributed by atoms with Crippen LogP contribution >= 0.6 is 11.6 Å². The molecule has 0 unspecified atom stereocenters. The van der Waals surface area contributed by atoms with Gasteiger partial charge in [-0.15, -0.1) is 0 Å². The number of nitrogens with zero attached hydrogens (tertiary/aromatic N) is 1. The van der Waals surface area contributed by atoms with Crippen molar-refractivity contribution in [3.8, 4) is 0 Å². The standard InChI is InChI=1S/C14H23ClN2O/c1-4-17(8-9-18-5-2)14-7-6-13(15)10-12(14)11-16-3/h6-7,10,16H,4-5,8-9,11H2,1-3H3. The fraction of sp³-hybridized carbons (Fsp3) is 0.571. The van der Waals surface area contributed by atoms with E-state index in [1.165, 1.54) is 11.3 Å². The van der Waals surface area contributed by atoms with Crippen LogP contribution in [0.5, 0.6) is 0 Å². The van der Waals surface area contributed by atoms with E-state index >= 15 is 0 Å². The van der Waals surface area contributed by atoms with Crippen molar-refractivity contribution in [3.05, 3.63) is 28.8 Å². The smallest absolute Gasteiger partial charge is 0.0641 e. The zero-order valence-corrected chi connectivity index (χ0v) is 12.3. The van der Waals surface area contributed by atoms with E-state index in [2.05, 4.69) is 23.2 Å². The van der Waals surface area contributed by atoms with Gasteiger partial charge in [-0.3, -0.25) is 0 Å². The van der Waals surface area contributed by atoms with Crippen molar-refractivity contribution in [2.24, 2.45) is 0 Å². The monoisotopic (exact) mass is 270 g/mol. The third kappa shape index (κ3) is 4.48. The van der Waals surface area contributed by atoms with Crippen LogP contribution in [0.25, 0.3) is 0 Å². The molecule has 0 atom stereocenters. The summed E-state index contributed by atoms with van der Waals surface area (Å²) in [5.74, 6) is 0. The van der Waals surface area contributed by atoms with Gasteiger partial charge in [0.25, 0.3) is 0 Å². The Morgan fingerprint density at radius 3 is 2.72 bits per heavy atom. The Morgan fingerprint density at radius 2 is 2.11 bits per heavy atom. The van der Waals surface area contributed by atoms with Crippen LogP contribution in [0.15, 0.2) is 18.2 Å². The maximum atomic E-state index is 6.06.